The molecule has 0 saturated carbocycles. The SMILES string of the molecule is Cc1ccc(N)cc1S(=O)C(C)C(=O)NCC(C)C. The van der Waals surface area contributed by atoms with Crippen molar-refractivity contribution in [3.8, 4) is 0 Å². The van der Waals surface area contributed by atoms with Crippen molar-refractivity contribution in [2.75, 3.05) is 12.3 Å². The summed E-state index contributed by atoms with van der Waals surface area (Å²) in [6.45, 7) is 8.17. The molecule has 0 fully saturated rings. The minimum atomic E-state index is -1.39. The van der Waals surface area contributed by atoms with Gasteiger partial charge in [-0.3, -0.25) is 9.00 Å². The first-order valence-electron chi connectivity index (χ1n) is 6.37. The molecule has 106 valence electrons. The first-order valence-corrected chi connectivity index (χ1v) is 7.58. The quantitative estimate of drug-likeness (QED) is 0.810. The predicted octanol–water partition coefficient (Wildman–Crippen LogP) is 1.85. The van der Waals surface area contributed by atoms with Crippen molar-refractivity contribution in [3.63, 3.8) is 0 Å². The van der Waals surface area contributed by atoms with Crippen molar-refractivity contribution in [1.29, 1.82) is 0 Å². The minimum Gasteiger partial charge on any atom is -0.399 e. The average molecular weight is 282 g/mol. The average Bonchev–Trinajstić information content (AvgIpc) is 2.37. The molecular weight excluding hydrogens is 260 g/mol. The fourth-order valence-electron chi connectivity index (χ4n) is 1.57. The molecule has 0 spiro atoms. The Labute approximate surface area is 117 Å². The highest BCUT2D eigenvalue weighted by molar-refractivity contribution is 7.86. The van der Waals surface area contributed by atoms with Gasteiger partial charge in [-0.25, -0.2) is 0 Å². The predicted molar refractivity (Wildman–Crippen MR) is 79.3 cm³/mol. The molecule has 1 aromatic rings. The molecule has 2 unspecified atom stereocenters. The Morgan fingerprint density at radius 3 is 2.58 bits per heavy atom. The molecule has 1 aromatic carbocycles. The zero-order valence-corrected chi connectivity index (χ0v) is 12.7. The molecule has 5 heteroatoms. The van der Waals surface area contributed by atoms with Crippen LogP contribution in [0.4, 0.5) is 5.69 Å². The van der Waals surface area contributed by atoms with E-state index in [-0.39, 0.29) is 5.91 Å². The van der Waals surface area contributed by atoms with Crippen LogP contribution in [0.25, 0.3) is 0 Å². The number of anilines is 1. The summed E-state index contributed by atoms with van der Waals surface area (Å²) in [5.74, 6) is 0.188. The van der Waals surface area contributed by atoms with E-state index in [2.05, 4.69) is 5.32 Å². The highest BCUT2D eigenvalue weighted by atomic mass is 32.2. The number of aryl methyl sites for hydroxylation is 1. The van der Waals surface area contributed by atoms with Crippen molar-refractivity contribution in [3.05, 3.63) is 23.8 Å². The van der Waals surface area contributed by atoms with Crippen LogP contribution < -0.4 is 11.1 Å². The molecule has 1 amide bonds. The molecule has 0 aliphatic carbocycles. The van der Waals surface area contributed by atoms with Crippen molar-refractivity contribution in [1.82, 2.24) is 5.32 Å². The third-order valence-corrected chi connectivity index (χ3v) is 4.53. The summed E-state index contributed by atoms with van der Waals surface area (Å²) in [6, 6.07) is 5.26. The van der Waals surface area contributed by atoms with Crippen LogP contribution >= 0.6 is 0 Å². The minimum absolute atomic E-state index is 0.186. The summed E-state index contributed by atoms with van der Waals surface area (Å²) in [7, 11) is -1.39. The highest BCUT2D eigenvalue weighted by Gasteiger charge is 2.22. The Hall–Kier alpha value is -1.36. The largest absolute Gasteiger partial charge is 0.399 e. The van der Waals surface area contributed by atoms with E-state index in [0.717, 1.165) is 5.56 Å². The van der Waals surface area contributed by atoms with Crippen LogP contribution in [0.1, 0.15) is 26.3 Å². The molecule has 4 nitrogen and oxygen atoms in total. The first kappa shape index (κ1) is 15.7. The van der Waals surface area contributed by atoms with Gasteiger partial charge in [-0.15, -0.1) is 0 Å². The van der Waals surface area contributed by atoms with E-state index < -0.39 is 16.0 Å². The number of carbonyl (C=O) groups is 1. The van der Waals surface area contributed by atoms with Gasteiger partial charge in [0.2, 0.25) is 5.91 Å². The fourth-order valence-corrected chi connectivity index (χ4v) is 2.87. The van der Waals surface area contributed by atoms with Gasteiger partial charge in [-0.05, 0) is 37.5 Å². The zero-order chi connectivity index (χ0) is 14.6. The topological polar surface area (TPSA) is 72.2 Å². The number of nitrogens with one attached hydrogen (secondary N) is 1. The van der Waals surface area contributed by atoms with Gasteiger partial charge in [-0.1, -0.05) is 19.9 Å². The molecule has 0 saturated heterocycles. The zero-order valence-electron chi connectivity index (χ0n) is 11.9. The number of nitrogens with two attached hydrogens (primary N) is 1. The molecule has 0 aliphatic rings. The van der Waals surface area contributed by atoms with E-state index in [1.54, 1.807) is 19.1 Å². The van der Waals surface area contributed by atoms with Gasteiger partial charge in [0, 0.05) is 17.1 Å². The maximum Gasteiger partial charge on any atom is 0.235 e. The van der Waals surface area contributed by atoms with E-state index in [1.807, 2.05) is 26.8 Å². The standard InChI is InChI=1S/C14H22N2O2S/c1-9(2)8-16-14(17)11(4)19(18)13-7-12(15)6-5-10(13)3/h5-7,9,11H,8,15H2,1-4H3,(H,16,17). The maximum absolute atomic E-state index is 12.4. The molecule has 2 atom stereocenters. The van der Waals surface area contributed by atoms with Crippen molar-refractivity contribution in [2.24, 2.45) is 5.92 Å². The smallest absolute Gasteiger partial charge is 0.235 e. The van der Waals surface area contributed by atoms with E-state index >= 15 is 0 Å². The number of hydrogen-bond donors (Lipinski definition) is 2. The molecular formula is C14H22N2O2S. The fraction of sp³-hybridized carbons (Fsp3) is 0.500. The van der Waals surface area contributed by atoms with Crippen LogP contribution in [0.5, 0.6) is 0 Å². The lowest BCUT2D eigenvalue weighted by Crippen LogP contribution is -2.37. The monoisotopic (exact) mass is 282 g/mol. The lowest BCUT2D eigenvalue weighted by molar-refractivity contribution is -0.120. The molecule has 1 rings (SSSR count). The molecule has 3 N–H and O–H groups in total. The molecule has 0 aromatic heterocycles. The Bertz CT molecular complexity index is 486. The number of benzene rings is 1. The third kappa shape index (κ3) is 4.35. The second-order valence-corrected chi connectivity index (χ2v) is 6.85. The third-order valence-electron chi connectivity index (χ3n) is 2.80. The van der Waals surface area contributed by atoms with Gasteiger partial charge < -0.3 is 11.1 Å². The summed E-state index contributed by atoms with van der Waals surface area (Å²) in [5.41, 5.74) is 7.15. The number of rotatable bonds is 5. The maximum atomic E-state index is 12.4. The van der Waals surface area contributed by atoms with Crippen molar-refractivity contribution >= 4 is 22.4 Å². The number of nitrogen functional groups attached to an aromatic ring is 1. The van der Waals surface area contributed by atoms with Gasteiger partial charge in [0.1, 0.15) is 5.25 Å². The lowest BCUT2D eigenvalue weighted by Gasteiger charge is -2.15. The Balaban J connectivity index is 2.81. The van der Waals surface area contributed by atoms with Crippen molar-refractivity contribution in [2.45, 2.75) is 37.8 Å². The number of amides is 1. The molecule has 19 heavy (non-hydrogen) atoms. The molecule has 0 aliphatic heterocycles. The van der Waals surface area contributed by atoms with Gasteiger partial charge in [0.15, 0.2) is 0 Å². The van der Waals surface area contributed by atoms with Crippen LogP contribution in [0, 0.1) is 12.8 Å². The van der Waals surface area contributed by atoms with Crippen LogP contribution in [0.3, 0.4) is 0 Å². The Kier molecular flexibility index (Phi) is 5.54. The van der Waals surface area contributed by atoms with E-state index in [0.29, 0.717) is 23.0 Å². The van der Waals surface area contributed by atoms with Gasteiger partial charge in [-0.2, -0.15) is 0 Å². The van der Waals surface area contributed by atoms with Crippen molar-refractivity contribution < 1.29 is 9.00 Å². The number of hydrogen-bond acceptors (Lipinski definition) is 3. The van der Waals surface area contributed by atoms with Gasteiger partial charge in [0.25, 0.3) is 0 Å². The Morgan fingerprint density at radius 2 is 2.00 bits per heavy atom. The van der Waals surface area contributed by atoms with E-state index in [4.69, 9.17) is 5.73 Å². The molecule has 0 radical (unpaired) electrons. The van der Waals surface area contributed by atoms with Crippen LogP contribution in [-0.4, -0.2) is 21.9 Å². The van der Waals surface area contributed by atoms with Crippen LogP contribution in [0.2, 0.25) is 0 Å². The highest BCUT2D eigenvalue weighted by Crippen LogP contribution is 2.19. The lowest BCUT2D eigenvalue weighted by atomic mass is 10.2. The molecule has 0 heterocycles. The van der Waals surface area contributed by atoms with Gasteiger partial charge >= 0.3 is 0 Å². The van der Waals surface area contributed by atoms with E-state index in [9.17, 15) is 9.00 Å². The normalized spacial score (nSPS) is 14.2. The summed E-state index contributed by atoms with van der Waals surface area (Å²) in [6.07, 6.45) is 0. The van der Waals surface area contributed by atoms with Crippen LogP contribution in [0.15, 0.2) is 23.1 Å². The Morgan fingerprint density at radius 1 is 1.37 bits per heavy atom. The second kappa shape index (κ2) is 6.70. The summed E-state index contributed by atoms with van der Waals surface area (Å²) >= 11 is 0. The number of carbonyl (C=O) groups excluding carboxylic acids is 1. The summed E-state index contributed by atoms with van der Waals surface area (Å²) < 4.78 is 12.4. The van der Waals surface area contributed by atoms with E-state index in [1.165, 1.54) is 0 Å². The second-order valence-electron chi connectivity index (χ2n) is 5.10. The first-order chi connectivity index (χ1) is 8.82. The van der Waals surface area contributed by atoms with Crippen LogP contribution in [-0.2, 0) is 15.6 Å². The van der Waals surface area contributed by atoms with Gasteiger partial charge in [0.05, 0.1) is 10.8 Å². The molecule has 0 bridgehead atoms. The summed E-state index contributed by atoms with van der Waals surface area (Å²) in [5, 5.41) is 2.22. The summed E-state index contributed by atoms with van der Waals surface area (Å²) in [4.78, 5) is 12.6.